The van der Waals surface area contributed by atoms with Gasteiger partial charge in [0.2, 0.25) is 0 Å². The highest BCUT2D eigenvalue weighted by molar-refractivity contribution is 7.98. The molecule has 0 saturated heterocycles. The number of carbonyl (C=O) groups excluding carboxylic acids is 1. The predicted molar refractivity (Wildman–Crippen MR) is 77.4 cm³/mol. The van der Waals surface area contributed by atoms with Crippen molar-refractivity contribution < 1.29 is 14.7 Å². The molecule has 4 nitrogen and oxygen atoms in total. The Morgan fingerprint density at radius 1 is 1.26 bits per heavy atom. The fourth-order valence-corrected chi connectivity index (χ4v) is 2.45. The fourth-order valence-electron chi connectivity index (χ4n) is 1.26. The lowest BCUT2D eigenvalue weighted by atomic mass is 10.1. The van der Waals surface area contributed by atoms with E-state index in [4.69, 9.17) is 28.3 Å². The summed E-state index contributed by atoms with van der Waals surface area (Å²) in [6, 6.07) is 3.01. The summed E-state index contributed by atoms with van der Waals surface area (Å²) in [5.74, 6) is -1.68. The molecule has 0 aliphatic heterocycles. The summed E-state index contributed by atoms with van der Waals surface area (Å²) in [7, 11) is 0. The van der Waals surface area contributed by atoms with Crippen LogP contribution in [0, 0.1) is 0 Å². The van der Waals surface area contributed by atoms with Crippen LogP contribution in [-0.4, -0.2) is 28.8 Å². The normalized spacial score (nSPS) is 11.2. The smallest absolute Gasteiger partial charge is 0.328 e. The zero-order valence-corrected chi connectivity index (χ0v) is 12.9. The summed E-state index contributed by atoms with van der Waals surface area (Å²) in [6.07, 6.45) is 1.82. The van der Waals surface area contributed by atoms with E-state index < -0.39 is 17.4 Å². The van der Waals surface area contributed by atoms with Crippen molar-refractivity contribution in [1.29, 1.82) is 0 Å². The number of halogens is 2. The Kier molecular flexibility index (Phi) is 5.12. The number of hydrogen-bond acceptors (Lipinski definition) is 3. The average molecular weight is 322 g/mol. The molecule has 1 rings (SSSR count). The molecule has 0 aromatic heterocycles. The van der Waals surface area contributed by atoms with Gasteiger partial charge in [-0.05, 0) is 32.2 Å². The molecule has 0 unspecified atom stereocenters. The zero-order chi connectivity index (χ0) is 14.8. The van der Waals surface area contributed by atoms with Crippen LogP contribution < -0.4 is 5.32 Å². The molecule has 0 fully saturated rings. The molecule has 0 aliphatic rings. The molecular formula is C12H13Cl2NO3S. The monoisotopic (exact) mass is 321 g/mol. The average Bonchev–Trinajstić information content (AvgIpc) is 2.28. The number of nitrogens with one attached hydrogen (secondary N) is 1. The van der Waals surface area contributed by atoms with Crippen molar-refractivity contribution in [3.05, 3.63) is 27.7 Å². The van der Waals surface area contributed by atoms with Gasteiger partial charge in [-0.3, -0.25) is 4.79 Å². The summed E-state index contributed by atoms with van der Waals surface area (Å²) >= 11 is 13.3. The van der Waals surface area contributed by atoms with E-state index in [1.165, 1.54) is 31.7 Å². The molecule has 7 heteroatoms. The summed E-state index contributed by atoms with van der Waals surface area (Å²) in [6.45, 7) is 2.79. The molecule has 0 heterocycles. The molecular weight excluding hydrogens is 309 g/mol. The quantitative estimate of drug-likeness (QED) is 0.835. The number of rotatable bonds is 4. The van der Waals surface area contributed by atoms with Crippen LogP contribution in [0.1, 0.15) is 24.2 Å². The lowest BCUT2D eigenvalue weighted by molar-refractivity contribution is -0.143. The van der Waals surface area contributed by atoms with Gasteiger partial charge < -0.3 is 10.4 Å². The van der Waals surface area contributed by atoms with Crippen molar-refractivity contribution in [3.8, 4) is 0 Å². The van der Waals surface area contributed by atoms with Gasteiger partial charge in [-0.15, -0.1) is 11.8 Å². The van der Waals surface area contributed by atoms with Crippen LogP contribution in [0.3, 0.4) is 0 Å². The highest BCUT2D eigenvalue weighted by atomic mass is 35.5. The number of carboxylic acids is 1. The van der Waals surface area contributed by atoms with E-state index in [1.54, 1.807) is 6.07 Å². The van der Waals surface area contributed by atoms with Crippen LogP contribution in [0.15, 0.2) is 17.0 Å². The maximum atomic E-state index is 12.1. The lowest BCUT2D eigenvalue weighted by Crippen LogP contribution is -2.49. The third kappa shape index (κ3) is 3.78. The molecule has 0 saturated carbocycles. The molecule has 1 aromatic carbocycles. The van der Waals surface area contributed by atoms with Crippen molar-refractivity contribution in [2.45, 2.75) is 24.3 Å². The first-order chi connectivity index (χ1) is 8.69. The predicted octanol–water partition coefficient (Wildman–Crippen LogP) is 3.31. The minimum atomic E-state index is -1.38. The van der Waals surface area contributed by atoms with Crippen LogP contribution in [0.25, 0.3) is 0 Å². The van der Waals surface area contributed by atoms with Crippen molar-refractivity contribution in [2.24, 2.45) is 0 Å². The number of amides is 1. The van der Waals surface area contributed by atoms with Gasteiger partial charge in [-0.2, -0.15) is 0 Å². The van der Waals surface area contributed by atoms with Crippen LogP contribution in [0.5, 0.6) is 0 Å². The first-order valence-electron chi connectivity index (χ1n) is 5.28. The number of carbonyl (C=O) groups is 2. The van der Waals surface area contributed by atoms with E-state index in [-0.39, 0.29) is 10.6 Å². The van der Waals surface area contributed by atoms with Crippen LogP contribution in [-0.2, 0) is 4.79 Å². The van der Waals surface area contributed by atoms with Crippen molar-refractivity contribution in [2.75, 3.05) is 6.26 Å². The van der Waals surface area contributed by atoms with Gasteiger partial charge in [-0.25, -0.2) is 4.79 Å². The van der Waals surface area contributed by atoms with Gasteiger partial charge in [0.1, 0.15) is 5.54 Å². The Labute approximate surface area is 125 Å². The van der Waals surface area contributed by atoms with E-state index in [0.29, 0.717) is 9.92 Å². The number of benzene rings is 1. The molecule has 0 bridgehead atoms. The second-order valence-corrected chi connectivity index (χ2v) is 6.01. The van der Waals surface area contributed by atoms with E-state index in [9.17, 15) is 9.59 Å². The second-order valence-electron chi connectivity index (χ2n) is 4.35. The Bertz CT molecular complexity index is 532. The molecule has 1 aromatic rings. The molecule has 2 N–H and O–H groups in total. The SMILES string of the molecule is CSc1cc(C(=O)NC(C)(C)C(=O)O)c(Cl)cc1Cl. The molecule has 0 spiro atoms. The summed E-state index contributed by atoms with van der Waals surface area (Å²) < 4.78 is 0. The molecule has 19 heavy (non-hydrogen) atoms. The standard InChI is InChI=1S/C12H13Cl2NO3S/c1-12(2,11(17)18)15-10(16)6-4-9(19-3)8(14)5-7(6)13/h4-5H,1-3H3,(H,15,16)(H,17,18). The second kappa shape index (κ2) is 6.03. The van der Waals surface area contributed by atoms with Crippen LogP contribution in [0.2, 0.25) is 10.0 Å². The highest BCUT2D eigenvalue weighted by Crippen LogP contribution is 2.31. The van der Waals surface area contributed by atoms with E-state index in [2.05, 4.69) is 5.32 Å². The number of carboxylic acid groups (broad SMARTS) is 1. The topological polar surface area (TPSA) is 66.4 Å². The van der Waals surface area contributed by atoms with Crippen LogP contribution >= 0.6 is 35.0 Å². The zero-order valence-electron chi connectivity index (χ0n) is 10.6. The van der Waals surface area contributed by atoms with Gasteiger partial charge in [0.05, 0.1) is 15.6 Å². The Hall–Kier alpha value is -0.910. The van der Waals surface area contributed by atoms with E-state index in [1.807, 2.05) is 6.26 Å². The Balaban J connectivity index is 3.10. The molecule has 1 amide bonds. The minimum absolute atomic E-state index is 0.182. The number of hydrogen-bond donors (Lipinski definition) is 2. The molecule has 0 atom stereocenters. The van der Waals surface area contributed by atoms with Crippen molar-refractivity contribution in [1.82, 2.24) is 5.32 Å². The van der Waals surface area contributed by atoms with Gasteiger partial charge in [0.15, 0.2) is 0 Å². The fraction of sp³-hybridized carbons (Fsp3) is 0.333. The first kappa shape index (κ1) is 16.1. The largest absolute Gasteiger partial charge is 0.480 e. The highest BCUT2D eigenvalue weighted by Gasteiger charge is 2.30. The summed E-state index contributed by atoms with van der Waals surface area (Å²) in [4.78, 5) is 23.7. The summed E-state index contributed by atoms with van der Waals surface area (Å²) in [5.41, 5.74) is -1.18. The molecule has 104 valence electrons. The van der Waals surface area contributed by atoms with Gasteiger partial charge in [0, 0.05) is 4.90 Å². The number of aliphatic carboxylic acids is 1. The van der Waals surface area contributed by atoms with Gasteiger partial charge >= 0.3 is 5.97 Å². The van der Waals surface area contributed by atoms with Crippen LogP contribution in [0.4, 0.5) is 0 Å². The van der Waals surface area contributed by atoms with Gasteiger partial charge in [0.25, 0.3) is 5.91 Å². The third-order valence-corrected chi connectivity index (χ3v) is 3.96. The Morgan fingerprint density at radius 3 is 2.32 bits per heavy atom. The maximum Gasteiger partial charge on any atom is 0.328 e. The minimum Gasteiger partial charge on any atom is -0.480 e. The van der Waals surface area contributed by atoms with E-state index >= 15 is 0 Å². The van der Waals surface area contributed by atoms with E-state index in [0.717, 1.165) is 0 Å². The molecule has 0 aliphatic carbocycles. The third-order valence-electron chi connectivity index (χ3n) is 2.45. The van der Waals surface area contributed by atoms with Crippen molar-refractivity contribution in [3.63, 3.8) is 0 Å². The van der Waals surface area contributed by atoms with Gasteiger partial charge in [-0.1, -0.05) is 23.2 Å². The number of thioether (sulfide) groups is 1. The summed E-state index contributed by atoms with van der Waals surface area (Å²) in [5, 5.41) is 12.0. The first-order valence-corrected chi connectivity index (χ1v) is 7.26. The lowest BCUT2D eigenvalue weighted by Gasteiger charge is -2.21. The maximum absolute atomic E-state index is 12.1. The Morgan fingerprint density at radius 2 is 1.84 bits per heavy atom. The van der Waals surface area contributed by atoms with Crippen molar-refractivity contribution >= 4 is 46.8 Å². The molecule has 0 radical (unpaired) electrons.